The van der Waals surface area contributed by atoms with Crippen molar-refractivity contribution in [1.82, 2.24) is 9.80 Å². The molecule has 3 rings (SSSR count). The first-order chi connectivity index (χ1) is 11.6. The van der Waals surface area contributed by atoms with Crippen molar-refractivity contribution in [3.05, 3.63) is 0 Å². The van der Waals surface area contributed by atoms with E-state index in [0.717, 1.165) is 77.9 Å². The third-order valence-electron chi connectivity index (χ3n) is 5.98. The Labute approximate surface area is 149 Å². The molecule has 0 bridgehead atoms. The van der Waals surface area contributed by atoms with Crippen LogP contribution in [0, 0.1) is 11.3 Å². The second-order valence-electron chi connectivity index (χ2n) is 7.50. The fourth-order valence-electron chi connectivity index (χ4n) is 4.43. The van der Waals surface area contributed by atoms with Gasteiger partial charge in [0, 0.05) is 39.4 Å². The zero-order chi connectivity index (χ0) is 17.0. The van der Waals surface area contributed by atoms with Gasteiger partial charge >= 0.3 is 0 Å². The van der Waals surface area contributed by atoms with Gasteiger partial charge in [0.2, 0.25) is 11.8 Å². The standard InChI is InChI=1S/C18H30N2O3S/c1-24-14-16(21)19-9-6-18(7-10-19)5-2-8-20(17(18)22)13-15-3-11-23-12-4-15/h15H,2-14H2,1H3. The molecule has 6 heteroatoms. The van der Waals surface area contributed by atoms with Crippen LogP contribution in [0.1, 0.15) is 38.5 Å². The Morgan fingerprint density at radius 2 is 1.92 bits per heavy atom. The van der Waals surface area contributed by atoms with E-state index in [-0.39, 0.29) is 11.3 Å². The van der Waals surface area contributed by atoms with Crippen LogP contribution in [0.15, 0.2) is 0 Å². The van der Waals surface area contributed by atoms with Crippen LogP contribution in [-0.4, -0.2) is 73.0 Å². The number of carbonyl (C=O) groups excluding carboxylic acids is 2. The van der Waals surface area contributed by atoms with Crippen LogP contribution in [-0.2, 0) is 14.3 Å². The minimum Gasteiger partial charge on any atom is -0.381 e. The van der Waals surface area contributed by atoms with Gasteiger partial charge in [0.1, 0.15) is 0 Å². The molecule has 136 valence electrons. The maximum atomic E-state index is 13.2. The van der Waals surface area contributed by atoms with Gasteiger partial charge in [-0.25, -0.2) is 0 Å². The van der Waals surface area contributed by atoms with Crippen LogP contribution < -0.4 is 0 Å². The molecular formula is C18H30N2O3S. The monoisotopic (exact) mass is 354 g/mol. The van der Waals surface area contributed by atoms with E-state index in [2.05, 4.69) is 4.90 Å². The van der Waals surface area contributed by atoms with Gasteiger partial charge in [-0.15, -0.1) is 0 Å². The van der Waals surface area contributed by atoms with Crippen molar-refractivity contribution in [2.75, 3.05) is 51.4 Å². The summed E-state index contributed by atoms with van der Waals surface area (Å²) in [7, 11) is 0. The molecular weight excluding hydrogens is 324 g/mol. The van der Waals surface area contributed by atoms with Crippen LogP contribution in [0.4, 0.5) is 0 Å². The Bertz CT molecular complexity index is 457. The number of hydrogen-bond donors (Lipinski definition) is 0. The highest BCUT2D eigenvalue weighted by atomic mass is 32.2. The predicted octanol–water partition coefficient (Wildman–Crippen LogP) is 2.01. The lowest BCUT2D eigenvalue weighted by Gasteiger charge is -2.47. The topological polar surface area (TPSA) is 49.9 Å². The van der Waals surface area contributed by atoms with Gasteiger partial charge in [-0.3, -0.25) is 9.59 Å². The highest BCUT2D eigenvalue weighted by molar-refractivity contribution is 7.99. The lowest BCUT2D eigenvalue weighted by molar-refractivity contribution is -0.153. The molecule has 3 aliphatic heterocycles. The molecule has 0 aromatic heterocycles. The van der Waals surface area contributed by atoms with Crippen molar-refractivity contribution in [3.8, 4) is 0 Å². The molecule has 0 aliphatic carbocycles. The van der Waals surface area contributed by atoms with Gasteiger partial charge in [0.05, 0.1) is 11.2 Å². The Hall–Kier alpha value is -0.750. The van der Waals surface area contributed by atoms with Gasteiger partial charge in [0.15, 0.2) is 0 Å². The van der Waals surface area contributed by atoms with Gasteiger partial charge in [-0.1, -0.05) is 0 Å². The van der Waals surface area contributed by atoms with Gasteiger partial charge < -0.3 is 14.5 Å². The molecule has 0 saturated carbocycles. The van der Waals surface area contributed by atoms with E-state index in [1.54, 1.807) is 11.8 Å². The number of rotatable bonds is 4. The first kappa shape index (κ1) is 18.1. The summed E-state index contributed by atoms with van der Waals surface area (Å²) < 4.78 is 5.44. The molecule has 5 nitrogen and oxygen atoms in total. The number of amides is 2. The molecule has 3 heterocycles. The van der Waals surface area contributed by atoms with Crippen molar-refractivity contribution >= 4 is 23.6 Å². The summed E-state index contributed by atoms with van der Waals surface area (Å²) in [4.78, 5) is 29.3. The minimum atomic E-state index is -0.195. The number of carbonyl (C=O) groups is 2. The van der Waals surface area contributed by atoms with E-state index >= 15 is 0 Å². The molecule has 0 radical (unpaired) electrons. The van der Waals surface area contributed by atoms with Crippen molar-refractivity contribution in [1.29, 1.82) is 0 Å². The van der Waals surface area contributed by atoms with Crippen LogP contribution in [0.25, 0.3) is 0 Å². The second-order valence-corrected chi connectivity index (χ2v) is 8.37. The molecule has 0 aromatic rings. The SMILES string of the molecule is CSCC(=O)N1CCC2(CCCN(CC3CCOCC3)C2=O)CC1. The van der Waals surface area contributed by atoms with Crippen LogP contribution in [0.5, 0.6) is 0 Å². The Balaban J connectivity index is 1.57. The van der Waals surface area contributed by atoms with E-state index in [1.165, 1.54) is 0 Å². The summed E-state index contributed by atoms with van der Waals surface area (Å²) in [5.41, 5.74) is -0.195. The summed E-state index contributed by atoms with van der Waals surface area (Å²) in [6.45, 7) is 4.98. The highest BCUT2D eigenvalue weighted by Crippen LogP contribution is 2.41. The average Bonchev–Trinajstić information content (AvgIpc) is 2.61. The highest BCUT2D eigenvalue weighted by Gasteiger charge is 2.46. The summed E-state index contributed by atoms with van der Waals surface area (Å²) >= 11 is 1.57. The third kappa shape index (κ3) is 3.90. The second kappa shape index (κ2) is 8.09. The van der Waals surface area contributed by atoms with Crippen molar-refractivity contribution in [3.63, 3.8) is 0 Å². The number of likely N-dealkylation sites (tertiary alicyclic amines) is 2. The number of nitrogens with zero attached hydrogens (tertiary/aromatic N) is 2. The summed E-state index contributed by atoms with van der Waals surface area (Å²) in [5.74, 6) is 1.73. The molecule has 3 aliphatic rings. The quantitative estimate of drug-likeness (QED) is 0.775. The van der Waals surface area contributed by atoms with E-state index in [4.69, 9.17) is 4.74 Å². The van der Waals surface area contributed by atoms with Gasteiger partial charge in [0.25, 0.3) is 0 Å². The summed E-state index contributed by atoms with van der Waals surface area (Å²) in [5, 5.41) is 0. The minimum absolute atomic E-state index is 0.195. The zero-order valence-electron chi connectivity index (χ0n) is 14.8. The molecule has 0 N–H and O–H groups in total. The molecule has 3 saturated heterocycles. The van der Waals surface area contributed by atoms with E-state index in [9.17, 15) is 9.59 Å². The van der Waals surface area contributed by atoms with Gasteiger partial charge in [-0.2, -0.15) is 11.8 Å². The smallest absolute Gasteiger partial charge is 0.232 e. The normalized spacial score (nSPS) is 25.3. The maximum Gasteiger partial charge on any atom is 0.232 e. The van der Waals surface area contributed by atoms with E-state index < -0.39 is 0 Å². The average molecular weight is 355 g/mol. The van der Waals surface area contributed by atoms with Crippen LogP contribution in [0.3, 0.4) is 0 Å². The zero-order valence-corrected chi connectivity index (χ0v) is 15.6. The van der Waals surface area contributed by atoms with Crippen LogP contribution >= 0.6 is 11.8 Å². The largest absolute Gasteiger partial charge is 0.381 e. The fraction of sp³-hybridized carbons (Fsp3) is 0.889. The summed E-state index contributed by atoms with van der Waals surface area (Å²) in [6, 6.07) is 0. The van der Waals surface area contributed by atoms with E-state index in [0.29, 0.717) is 17.6 Å². The number of ether oxygens (including phenoxy) is 1. The Morgan fingerprint density at radius 1 is 1.21 bits per heavy atom. The molecule has 1 spiro atoms. The molecule has 24 heavy (non-hydrogen) atoms. The molecule has 0 unspecified atom stereocenters. The van der Waals surface area contributed by atoms with Crippen molar-refractivity contribution in [2.24, 2.45) is 11.3 Å². The predicted molar refractivity (Wildman–Crippen MR) is 96.0 cm³/mol. The Morgan fingerprint density at radius 3 is 2.58 bits per heavy atom. The maximum absolute atomic E-state index is 13.2. The number of thioether (sulfide) groups is 1. The first-order valence-electron chi connectivity index (χ1n) is 9.28. The lowest BCUT2D eigenvalue weighted by Crippen LogP contribution is -2.55. The molecule has 3 fully saturated rings. The van der Waals surface area contributed by atoms with Crippen LogP contribution in [0.2, 0.25) is 0 Å². The number of hydrogen-bond acceptors (Lipinski definition) is 4. The third-order valence-corrected chi connectivity index (χ3v) is 6.52. The van der Waals surface area contributed by atoms with Crippen molar-refractivity contribution in [2.45, 2.75) is 38.5 Å². The first-order valence-corrected chi connectivity index (χ1v) is 10.7. The number of piperidine rings is 2. The molecule has 2 amide bonds. The lowest BCUT2D eigenvalue weighted by atomic mass is 9.71. The van der Waals surface area contributed by atoms with E-state index in [1.807, 2.05) is 11.2 Å². The molecule has 0 aromatic carbocycles. The summed E-state index contributed by atoms with van der Waals surface area (Å²) in [6.07, 6.45) is 7.91. The van der Waals surface area contributed by atoms with Gasteiger partial charge in [-0.05, 0) is 50.7 Å². The fourth-order valence-corrected chi connectivity index (χ4v) is 4.86. The molecule has 0 atom stereocenters. The van der Waals surface area contributed by atoms with Crippen molar-refractivity contribution < 1.29 is 14.3 Å². The Kier molecular flexibility index (Phi) is 6.08.